The summed E-state index contributed by atoms with van der Waals surface area (Å²) in [6, 6.07) is 9.68. The van der Waals surface area contributed by atoms with Gasteiger partial charge >= 0.3 is 0 Å². The Morgan fingerprint density at radius 1 is 0.955 bits per heavy atom. The molecule has 1 aliphatic carbocycles. The van der Waals surface area contributed by atoms with Crippen molar-refractivity contribution in [3.8, 4) is 0 Å². The molecule has 0 bridgehead atoms. The van der Waals surface area contributed by atoms with Crippen molar-refractivity contribution in [1.29, 1.82) is 0 Å². The van der Waals surface area contributed by atoms with Crippen molar-refractivity contribution in [1.82, 2.24) is 10.2 Å². The summed E-state index contributed by atoms with van der Waals surface area (Å²) in [5.41, 5.74) is 1.52. The van der Waals surface area contributed by atoms with E-state index < -0.39 is 0 Å². The van der Waals surface area contributed by atoms with Crippen molar-refractivity contribution in [2.45, 2.75) is 38.1 Å². The zero-order valence-corrected chi connectivity index (χ0v) is 16.2. The third kappa shape index (κ3) is 5.10. The van der Waals surface area contributed by atoms with Gasteiger partial charge < -0.3 is 5.32 Å². The largest absolute Gasteiger partial charge is 0.314 e. The quantitative estimate of drug-likeness (QED) is 0.769. The van der Waals surface area contributed by atoms with E-state index in [1.165, 1.54) is 55.2 Å². The number of halogens is 3. The van der Waals surface area contributed by atoms with Crippen LogP contribution < -0.4 is 5.32 Å². The first-order valence-electron chi connectivity index (χ1n) is 8.05. The molecule has 1 aromatic carbocycles. The van der Waals surface area contributed by atoms with Crippen molar-refractivity contribution in [2.24, 2.45) is 5.92 Å². The summed E-state index contributed by atoms with van der Waals surface area (Å²) in [6.07, 6.45) is 7.09. The summed E-state index contributed by atoms with van der Waals surface area (Å²) in [6.45, 7) is 4.66. The van der Waals surface area contributed by atoms with Gasteiger partial charge in [0.2, 0.25) is 0 Å². The molecule has 0 spiro atoms. The van der Waals surface area contributed by atoms with Crippen molar-refractivity contribution in [3.63, 3.8) is 0 Å². The molecule has 0 unspecified atom stereocenters. The maximum Gasteiger partial charge on any atom is 0.0377 e. The number of piperazine rings is 1. The highest BCUT2D eigenvalue weighted by Gasteiger charge is 2.30. The Kier molecular flexibility index (Phi) is 9.34. The smallest absolute Gasteiger partial charge is 0.0377 e. The minimum absolute atomic E-state index is 0. The standard InChI is InChI=1S/C17H25BrN2.2ClH/c18-16-8-6-15(7-9-16)17(14-4-2-1-3-5-14)20-12-10-19-11-13-20;;/h6-9,14,17,19H,1-5,10-13H2;2*1H/t17-;;/m1../s1. The molecule has 22 heavy (non-hydrogen) atoms. The van der Waals surface area contributed by atoms with Crippen LogP contribution in [-0.2, 0) is 0 Å². The van der Waals surface area contributed by atoms with Crippen LogP contribution in [0.25, 0.3) is 0 Å². The Hall–Kier alpha value is 0.200. The molecular weight excluding hydrogens is 383 g/mol. The first-order valence-corrected chi connectivity index (χ1v) is 8.84. The number of benzene rings is 1. The topological polar surface area (TPSA) is 15.3 Å². The number of hydrogen-bond donors (Lipinski definition) is 1. The van der Waals surface area contributed by atoms with Crippen LogP contribution in [0.3, 0.4) is 0 Å². The number of rotatable bonds is 3. The third-order valence-corrected chi connectivity index (χ3v) is 5.38. The summed E-state index contributed by atoms with van der Waals surface area (Å²) in [5, 5.41) is 3.48. The molecule has 1 aromatic rings. The van der Waals surface area contributed by atoms with Gasteiger partial charge in [0.1, 0.15) is 0 Å². The van der Waals surface area contributed by atoms with E-state index in [4.69, 9.17) is 0 Å². The lowest BCUT2D eigenvalue weighted by molar-refractivity contribution is 0.103. The lowest BCUT2D eigenvalue weighted by Crippen LogP contribution is -2.47. The SMILES string of the molecule is Brc1ccc([C@@H](C2CCCCC2)N2CCNCC2)cc1.Cl.Cl. The minimum atomic E-state index is 0. The van der Waals surface area contributed by atoms with Gasteiger partial charge in [0.15, 0.2) is 0 Å². The fourth-order valence-electron chi connectivity index (χ4n) is 3.85. The molecule has 0 radical (unpaired) electrons. The molecule has 2 aliphatic rings. The molecule has 1 N–H and O–H groups in total. The highest BCUT2D eigenvalue weighted by Crippen LogP contribution is 2.38. The summed E-state index contributed by atoms with van der Waals surface area (Å²) < 4.78 is 1.18. The lowest BCUT2D eigenvalue weighted by Gasteiger charge is -2.41. The van der Waals surface area contributed by atoms with Crippen LogP contribution in [0.1, 0.15) is 43.7 Å². The second-order valence-electron chi connectivity index (χ2n) is 6.18. The molecule has 0 amide bonds. The van der Waals surface area contributed by atoms with E-state index in [0.717, 1.165) is 19.0 Å². The Morgan fingerprint density at radius 2 is 1.55 bits per heavy atom. The predicted octanol–water partition coefficient (Wildman–Crippen LogP) is 4.82. The molecule has 2 fully saturated rings. The van der Waals surface area contributed by atoms with Crippen LogP contribution in [0.15, 0.2) is 28.7 Å². The molecule has 1 saturated heterocycles. The summed E-state index contributed by atoms with van der Waals surface area (Å²) in [7, 11) is 0. The Bertz CT molecular complexity index is 397. The van der Waals surface area contributed by atoms with E-state index in [0.29, 0.717) is 6.04 Å². The molecular formula is C17H27BrCl2N2. The van der Waals surface area contributed by atoms with E-state index in [2.05, 4.69) is 50.4 Å². The highest BCUT2D eigenvalue weighted by molar-refractivity contribution is 9.10. The van der Waals surface area contributed by atoms with E-state index in [1.54, 1.807) is 0 Å². The molecule has 2 nitrogen and oxygen atoms in total. The second kappa shape index (κ2) is 10.1. The lowest BCUT2D eigenvalue weighted by atomic mass is 9.80. The summed E-state index contributed by atoms with van der Waals surface area (Å²) in [5.74, 6) is 0.850. The van der Waals surface area contributed by atoms with E-state index in [-0.39, 0.29) is 24.8 Å². The van der Waals surface area contributed by atoms with Gasteiger partial charge in [0.05, 0.1) is 0 Å². The first-order chi connectivity index (χ1) is 9.84. The molecule has 1 heterocycles. The second-order valence-corrected chi connectivity index (χ2v) is 7.10. The van der Waals surface area contributed by atoms with E-state index in [9.17, 15) is 0 Å². The molecule has 126 valence electrons. The van der Waals surface area contributed by atoms with E-state index in [1.807, 2.05) is 0 Å². The van der Waals surface area contributed by atoms with Gasteiger partial charge in [0.25, 0.3) is 0 Å². The Morgan fingerprint density at radius 3 is 2.14 bits per heavy atom. The monoisotopic (exact) mass is 408 g/mol. The van der Waals surface area contributed by atoms with Gasteiger partial charge in [-0.3, -0.25) is 4.90 Å². The highest BCUT2D eigenvalue weighted by atomic mass is 79.9. The Balaban J connectivity index is 0.00000121. The molecule has 1 aliphatic heterocycles. The van der Waals surface area contributed by atoms with Gasteiger partial charge in [0, 0.05) is 36.7 Å². The predicted molar refractivity (Wildman–Crippen MR) is 102 cm³/mol. The number of hydrogen-bond acceptors (Lipinski definition) is 2. The van der Waals surface area contributed by atoms with Gasteiger partial charge in [-0.05, 0) is 36.5 Å². The van der Waals surface area contributed by atoms with Gasteiger partial charge in [-0.25, -0.2) is 0 Å². The number of nitrogens with zero attached hydrogens (tertiary/aromatic N) is 1. The van der Waals surface area contributed by atoms with Crippen LogP contribution in [-0.4, -0.2) is 31.1 Å². The van der Waals surface area contributed by atoms with Gasteiger partial charge in [-0.15, -0.1) is 24.8 Å². The van der Waals surface area contributed by atoms with E-state index >= 15 is 0 Å². The fraction of sp³-hybridized carbons (Fsp3) is 0.647. The minimum Gasteiger partial charge on any atom is -0.314 e. The van der Waals surface area contributed by atoms with Crippen LogP contribution in [0.2, 0.25) is 0 Å². The summed E-state index contributed by atoms with van der Waals surface area (Å²) >= 11 is 3.56. The maximum absolute atomic E-state index is 3.56. The Labute approximate surface area is 155 Å². The average molecular weight is 410 g/mol. The van der Waals surface area contributed by atoms with Gasteiger partial charge in [-0.1, -0.05) is 47.3 Å². The fourth-order valence-corrected chi connectivity index (χ4v) is 4.12. The molecule has 1 saturated carbocycles. The maximum atomic E-state index is 3.56. The van der Waals surface area contributed by atoms with Gasteiger partial charge in [-0.2, -0.15) is 0 Å². The normalized spacial score (nSPS) is 21.5. The van der Waals surface area contributed by atoms with Crippen molar-refractivity contribution in [3.05, 3.63) is 34.3 Å². The van der Waals surface area contributed by atoms with Crippen LogP contribution >= 0.6 is 40.7 Å². The summed E-state index contributed by atoms with van der Waals surface area (Å²) in [4.78, 5) is 2.72. The number of nitrogens with one attached hydrogen (secondary N) is 1. The first kappa shape index (κ1) is 20.2. The zero-order valence-electron chi connectivity index (χ0n) is 13.0. The average Bonchev–Trinajstić information content (AvgIpc) is 2.52. The third-order valence-electron chi connectivity index (χ3n) is 4.85. The molecule has 3 rings (SSSR count). The zero-order chi connectivity index (χ0) is 13.8. The molecule has 1 atom stereocenters. The van der Waals surface area contributed by atoms with Crippen molar-refractivity contribution in [2.75, 3.05) is 26.2 Å². The van der Waals surface area contributed by atoms with Crippen molar-refractivity contribution < 1.29 is 0 Å². The van der Waals surface area contributed by atoms with Crippen molar-refractivity contribution >= 4 is 40.7 Å². The van der Waals surface area contributed by atoms with Crippen LogP contribution in [0.4, 0.5) is 0 Å². The van der Waals surface area contributed by atoms with Crippen LogP contribution in [0.5, 0.6) is 0 Å². The molecule has 5 heteroatoms. The molecule has 0 aromatic heterocycles. The van der Waals surface area contributed by atoms with Crippen LogP contribution in [0, 0.1) is 5.92 Å².